The van der Waals surface area contributed by atoms with Crippen molar-refractivity contribution < 1.29 is 14.0 Å². The van der Waals surface area contributed by atoms with E-state index < -0.39 is 6.04 Å². The van der Waals surface area contributed by atoms with E-state index in [2.05, 4.69) is 5.32 Å². The van der Waals surface area contributed by atoms with E-state index in [0.717, 1.165) is 36.8 Å². The molecule has 0 radical (unpaired) electrons. The maximum Gasteiger partial charge on any atom is 0.242 e. The number of hydrogen-bond donors (Lipinski definition) is 1. The summed E-state index contributed by atoms with van der Waals surface area (Å²) in [6.45, 7) is 2.03. The molecule has 3 rings (SSSR count). The van der Waals surface area contributed by atoms with Crippen LogP contribution in [0.25, 0.3) is 0 Å². The number of halogens is 2. The number of benzene rings is 2. The summed E-state index contributed by atoms with van der Waals surface area (Å²) in [6, 6.07) is 13.2. The zero-order chi connectivity index (χ0) is 22.9. The van der Waals surface area contributed by atoms with Crippen LogP contribution in [-0.4, -0.2) is 34.6 Å². The van der Waals surface area contributed by atoms with Crippen molar-refractivity contribution in [1.82, 2.24) is 10.2 Å². The SMILES string of the molecule is CC(C(=O)NC1CCCCC1)N(Cc1ccc(F)cc1)C(=O)CSCc1ccc(Cl)cc1. The molecule has 7 heteroatoms. The van der Waals surface area contributed by atoms with E-state index in [1.165, 1.54) is 30.3 Å². The minimum atomic E-state index is -0.606. The van der Waals surface area contributed by atoms with E-state index in [4.69, 9.17) is 11.6 Å². The Morgan fingerprint density at radius 2 is 1.69 bits per heavy atom. The first-order valence-electron chi connectivity index (χ1n) is 11.1. The summed E-state index contributed by atoms with van der Waals surface area (Å²) in [5, 5.41) is 3.80. The molecule has 0 aliphatic heterocycles. The van der Waals surface area contributed by atoms with Crippen LogP contribution in [0.2, 0.25) is 5.02 Å². The van der Waals surface area contributed by atoms with Gasteiger partial charge in [-0.3, -0.25) is 9.59 Å². The van der Waals surface area contributed by atoms with Crippen LogP contribution in [0.4, 0.5) is 4.39 Å². The van der Waals surface area contributed by atoms with Crippen LogP contribution < -0.4 is 5.32 Å². The largest absolute Gasteiger partial charge is 0.352 e. The molecule has 1 fully saturated rings. The second-order valence-corrected chi connectivity index (χ2v) is 9.71. The molecule has 0 aromatic heterocycles. The maximum atomic E-state index is 13.3. The average molecular weight is 477 g/mol. The van der Waals surface area contributed by atoms with Crippen molar-refractivity contribution in [1.29, 1.82) is 0 Å². The topological polar surface area (TPSA) is 49.4 Å². The number of nitrogens with zero attached hydrogens (tertiary/aromatic N) is 1. The summed E-state index contributed by atoms with van der Waals surface area (Å²) in [7, 11) is 0. The fourth-order valence-electron chi connectivity index (χ4n) is 3.86. The van der Waals surface area contributed by atoms with Crippen molar-refractivity contribution in [3.8, 4) is 0 Å². The van der Waals surface area contributed by atoms with Gasteiger partial charge in [0.2, 0.25) is 11.8 Å². The molecule has 1 atom stereocenters. The number of rotatable bonds is 9. The summed E-state index contributed by atoms with van der Waals surface area (Å²) in [4.78, 5) is 27.7. The van der Waals surface area contributed by atoms with E-state index in [1.807, 2.05) is 24.3 Å². The number of amides is 2. The van der Waals surface area contributed by atoms with Gasteiger partial charge < -0.3 is 10.2 Å². The van der Waals surface area contributed by atoms with E-state index >= 15 is 0 Å². The first-order chi connectivity index (χ1) is 15.4. The third-order valence-electron chi connectivity index (χ3n) is 5.79. The lowest BCUT2D eigenvalue weighted by Crippen LogP contribution is -2.50. The molecule has 172 valence electrons. The van der Waals surface area contributed by atoms with Crippen LogP contribution in [0.1, 0.15) is 50.2 Å². The fourth-order valence-corrected chi connectivity index (χ4v) is 4.85. The summed E-state index contributed by atoms with van der Waals surface area (Å²) in [5.41, 5.74) is 1.88. The predicted molar refractivity (Wildman–Crippen MR) is 129 cm³/mol. The molecule has 1 aliphatic carbocycles. The molecule has 0 bridgehead atoms. The van der Waals surface area contributed by atoms with E-state index in [-0.39, 0.29) is 36.0 Å². The van der Waals surface area contributed by atoms with Gasteiger partial charge in [-0.05, 0) is 55.2 Å². The number of carbonyl (C=O) groups is 2. The molecule has 32 heavy (non-hydrogen) atoms. The van der Waals surface area contributed by atoms with Crippen molar-refractivity contribution in [2.75, 3.05) is 5.75 Å². The Bertz CT molecular complexity index is 886. The molecule has 1 saturated carbocycles. The highest BCUT2D eigenvalue weighted by atomic mass is 35.5. The van der Waals surface area contributed by atoms with Gasteiger partial charge in [-0.1, -0.05) is 55.1 Å². The first-order valence-corrected chi connectivity index (χ1v) is 12.6. The zero-order valence-electron chi connectivity index (χ0n) is 18.4. The number of carbonyl (C=O) groups excluding carboxylic acids is 2. The Labute approximate surface area is 198 Å². The molecule has 1 N–H and O–H groups in total. The Morgan fingerprint density at radius 1 is 1.06 bits per heavy atom. The van der Waals surface area contributed by atoms with Gasteiger partial charge in [0.05, 0.1) is 5.75 Å². The molecule has 1 aliphatic rings. The molecule has 4 nitrogen and oxygen atoms in total. The number of thioether (sulfide) groups is 1. The van der Waals surface area contributed by atoms with E-state index in [9.17, 15) is 14.0 Å². The Kier molecular flexibility index (Phi) is 9.42. The molecule has 0 saturated heterocycles. The minimum Gasteiger partial charge on any atom is -0.352 e. The predicted octanol–water partition coefficient (Wildman–Crippen LogP) is 5.58. The highest BCUT2D eigenvalue weighted by Crippen LogP contribution is 2.20. The zero-order valence-corrected chi connectivity index (χ0v) is 19.9. The Balaban J connectivity index is 1.64. The number of nitrogens with one attached hydrogen (secondary N) is 1. The molecule has 0 heterocycles. The third kappa shape index (κ3) is 7.52. The van der Waals surface area contributed by atoms with Gasteiger partial charge in [0.25, 0.3) is 0 Å². The molecule has 1 unspecified atom stereocenters. The van der Waals surface area contributed by atoms with Crippen LogP contribution in [-0.2, 0) is 21.9 Å². The normalized spacial score (nSPS) is 15.2. The lowest BCUT2D eigenvalue weighted by molar-refractivity contribution is -0.139. The molecular formula is C25H30ClFN2O2S. The van der Waals surface area contributed by atoms with Crippen LogP contribution in [0.3, 0.4) is 0 Å². The molecule has 2 aromatic rings. The quantitative estimate of drug-likeness (QED) is 0.514. The van der Waals surface area contributed by atoms with Gasteiger partial charge in [-0.2, -0.15) is 0 Å². The molecule has 0 spiro atoms. The lowest BCUT2D eigenvalue weighted by atomic mass is 9.95. The van der Waals surface area contributed by atoms with Crippen molar-refractivity contribution in [2.24, 2.45) is 0 Å². The standard InChI is InChI=1S/C25H30ClFN2O2S/c1-18(25(31)28-23-5-3-2-4-6-23)29(15-19-9-13-22(27)14-10-19)24(30)17-32-16-20-7-11-21(26)12-8-20/h7-14,18,23H,2-6,15-17H2,1H3,(H,28,31). The van der Waals surface area contributed by atoms with Crippen molar-refractivity contribution in [3.05, 3.63) is 70.5 Å². The Morgan fingerprint density at radius 3 is 2.34 bits per heavy atom. The molecular weight excluding hydrogens is 447 g/mol. The minimum absolute atomic E-state index is 0.111. The lowest BCUT2D eigenvalue weighted by Gasteiger charge is -2.31. The molecule has 2 amide bonds. The maximum absolute atomic E-state index is 13.3. The summed E-state index contributed by atoms with van der Waals surface area (Å²) < 4.78 is 13.3. The van der Waals surface area contributed by atoms with Gasteiger partial charge in [0, 0.05) is 23.4 Å². The van der Waals surface area contributed by atoms with Crippen LogP contribution >= 0.6 is 23.4 Å². The van der Waals surface area contributed by atoms with Gasteiger partial charge in [0.1, 0.15) is 11.9 Å². The second-order valence-electron chi connectivity index (χ2n) is 8.29. The molecule has 2 aromatic carbocycles. The monoisotopic (exact) mass is 476 g/mol. The highest BCUT2D eigenvalue weighted by molar-refractivity contribution is 7.99. The van der Waals surface area contributed by atoms with E-state index in [1.54, 1.807) is 24.0 Å². The summed E-state index contributed by atoms with van der Waals surface area (Å²) >= 11 is 7.43. The third-order valence-corrected chi connectivity index (χ3v) is 7.03. The highest BCUT2D eigenvalue weighted by Gasteiger charge is 2.28. The van der Waals surface area contributed by atoms with E-state index in [0.29, 0.717) is 10.8 Å². The van der Waals surface area contributed by atoms with Crippen molar-refractivity contribution in [2.45, 2.75) is 63.4 Å². The fraction of sp³-hybridized carbons (Fsp3) is 0.440. The van der Waals surface area contributed by atoms with Gasteiger partial charge in [-0.25, -0.2) is 4.39 Å². The number of hydrogen-bond acceptors (Lipinski definition) is 3. The summed E-state index contributed by atoms with van der Waals surface area (Å²) in [5.74, 6) is 0.365. The first kappa shape index (κ1) is 24.6. The van der Waals surface area contributed by atoms with Gasteiger partial charge in [0.15, 0.2) is 0 Å². The van der Waals surface area contributed by atoms with Gasteiger partial charge >= 0.3 is 0 Å². The average Bonchev–Trinajstić information content (AvgIpc) is 2.80. The van der Waals surface area contributed by atoms with Crippen molar-refractivity contribution in [3.63, 3.8) is 0 Å². The van der Waals surface area contributed by atoms with Crippen LogP contribution in [0, 0.1) is 5.82 Å². The van der Waals surface area contributed by atoms with Crippen molar-refractivity contribution >= 4 is 35.2 Å². The van der Waals surface area contributed by atoms with Crippen LogP contribution in [0.15, 0.2) is 48.5 Å². The van der Waals surface area contributed by atoms with Gasteiger partial charge in [-0.15, -0.1) is 11.8 Å². The van der Waals surface area contributed by atoms with Crippen LogP contribution in [0.5, 0.6) is 0 Å². The Hall–Kier alpha value is -2.05. The smallest absolute Gasteiger partial charge is 0.242 e. The second kappa shape index (κ2) is 12.3. The summed E-state index contributed by atoms with van der Waals surface area (Å²) in [6.07, 6.45) is 5.43.